The van der Waals surface area contributed by atoms with E-state index in [-0.39, 0.29) is 16.7 Å². The number of hydrogen-bond donors (Lipinski definition) is 0. The van der Waals surface area contributed by atoms with Crippen molar-refractivity contribution in [1.29, 1.82) is 0 Å². The summed E-state index contributed by atoms with van der Waals surface area (Å²) in [5.41, 5.74) is 0.118. The summed E-state index contributed by atoms with van der Waals surface area (Å²) in [7, 11) is 0. The Morgan fingerprint density at radius 1 is 0.950 bits per heavy atom. The molecule has 106 valence electrons. The molecular weight excluding hydrogens is 265 g/mol. The Hall–Kier alpha value is -1.97. The Balaban J connectivity index is 2.41. The van der Waals surface area contributed by atoms with Crippen LogP contribution < -0.4 is 4.74 Å². The van der Waals surface area contributed by atoms with Gasteiger partial charge in [-0.2, -0.15) is 0 Å². The SMILES string of the molecule is CCCOc1ccc(-c2ccc(C)c(F)c2F)c(F)c1. The summed E-state index contributed by atoms with van der Waals surface area (Å²) < 4.78 is 46.7. The molecule has 0 amide bonds. The van der Waals surface area contributed by atoms with E-state index in [4.69, 9.17) is 4.74 Å². The van der Waals surface area contributed by atoms with Gasteiger partial charge in [0.1, 0.15) is 11.6 Å². The minimum absolute atomic E-state index is 0.0187. The highest BCUT2D eigenvalue weighted by Crippen LogP contribution is 2.30. The average molecular weight is 280 g/mol. The summed E-state index contributed by atoms with van der Waals surface area (Å²) in [6.45, 7) is 3.88. The summed E-state index contributed by atoms with van der Waals surface area (Å²) in [6, 6.07) is 6.92. The van der Waals surface area contributed by atoms with Crippen LogP contribution in [0.15, 0.2) is 30.3 Å². The monoisotopic (exact) mass is 280 g/mol. The van der Waals surface area contributed by atoms with E-state index < -0.39 is 17.5 Å². The molecule has 0 saturated heterocycles. The molecule has 0 aliphatic heterocycles. The van der Waals surface area contributed by atoms with E-state index in [0.29, 0.717) is 12.4 Å². The summed E-state index contributed by atoms with van der Waals surface area (Å²) >= 11 is 0. The maximum atomic E-state index is 14.0. The lowest BCUT2D eigenvalue weighted by Gasteiger charge is -2.10. The van der Waals surface area contributed by atoms with Crippen molar-refractivity contribution in [2.45, 2.75) is 20.3 Å². The topological polar surface area (TPSA) is 9.23 Å². The normalized spacial score (nSPS) is 10.7. The molecule has 2 aromatic carbocycles. The maximum Gasteiger partial charge on any atom is 0.167 e. The van der Waals surface area contributed by atoms with Crippen LogP contribution >= 0.6 is 0 Å². The van der Waals surface area contributed by atoms with Crippen molar-refractivity contribution in [3.8, 4) is 16.9 Å². The lowest BCUT2D eigenvalue weighted by atomic mass is 10.0. The molecule has 1 nitrogen and oxygen atoms in total. The summed E-state index contributed by atoms with van der Waals surface area (Å²) in [4.78, 5) is 0. The minimum atomic E-state index is -1.04. The second kappa shape index (κ2) is 5.99. The van der Waals surface area contributed by atoms with Gasteiger partial charge in [0.05, 0.1) is 6.61 Å². The van der Waals surface area contributed by atoms with Crippen molar-refractivity contribution in [2.24, 2.45) is 0 Å². The maximum absolute atomic E-state index is 14.0. The van der Waals surface area contributed by atoms with E-state index in [1.807, 2.05) is 6.92 Å². The Morgan fingerprint density at radius 2 is 1.65 bits per heavy atom. The van der Waals surface area contributed by atoms with Gasteiger partial charge in [0, 0.05) is 17.2 Å². The second-order valence-corrected chi connectivity index (χ2v) is 4.55. The highest BCUT2D eigenvalue weighted by Gasteiger charge is 2.15. The molecule has 2 rings (SSSR count). The molecule has 0 aliphatic rings. The first-order valence-electron chi connectivity index (χ1n) is 6.42. The highest BCUT2D eigenvalue weighted by molar-refractivity contribution is 5.66. The van der Waals surface area contributed by atoms with Gasteiger partial charge in [-0.1, -0.05) is 19.1 Å². The summed E-state index contributed by atoms with van der Waals surface area (Å²) in [5, 5.41) is 0. The zero-order valence-corrected chi connectivity index (χ0v) is 11.3. The Labute approximate surface area is 116 Å². The molecule has 0 bridgehead atoms. The van der Waals surface area contributed by atoms with Crippen LogP contribution in [0.2, 0.25) is 0 Å². The third-order valence-corrected chi connectivity index (χ3v) is 2.98. The van der Waals surface area contributed by atoms with Crippen molar-refractivity contribution in [2.75, 3.05) is 6.61 Å². The number of rotatable bonds is 4. The van der Waals surface area contributed by atoms with Crippen LogP contribution in [0, 0.1) is 24.4 Å². The van der Waals surface area contributed by atoms with Gasteiger partial charge in [-0.3, -0.25) is 0 Å². The number of aryl methyl sites for hydroxylation is 1. The molecule has 4 heteroatoms. The van der Waals surface area contributed by atoms with Crippen molar-refractivity contribution >= 4 is 0 Å². The van der Waals surface area contributed by atoms with Crippen LogP contribution in [-0.2, 0) is 0 Å². The van der Waals surface area contributed by atoms with Crippen LogP contribution in [0.4, 0.5) is 13.2 Å². The van der Waals surface area contributed by atoms with Gasteiger partial charge in [0.2, 0.25) is 0 Å². The van der Waals surface area contributed by atoms with Gasteiger partial charge in [0.15, 0.2) is 11.6 Å². The van der Waals surface area contributed by atoms with Crippen molar-refractivity contribution in [1.82, 2.24) is 0 Å². The zero-order valence-electron chi connectivity index (χ0n) is 11.3. The molecule has 0 aromatic heterocycles. The largest absolute Gasteiger partial charge is 0.494 e. The van der Waals surface area contributed by atoms with E-state index in [9.17, 15) is 13.2 Å². The molecule has 0 N–H and O–H groups in total. The fourth-order valence-corrected chi connectivity index (χ4v) is 1.88. The predicted octanol–water partition coefficient (Wildman–Crippen LogP) is 4.87. The molecule has 0 saturated carbocycles. The number of ether oxygens (including phenoxy) is 1. The van der Waals surface area contributed by atoms with Crippen LogP contribution in [0.3, 0.4) is 0 Å². The van der Waals surface area contributed by atoms with Crippen LogP contribution in [0.25, 0.3) is 11.1 Å². The van der Waals surface area contributed by atoms with E-state index in [2.05, 4.69) is 0 Å². The van der Waals surface area contributed by atoms with Gasteiger partial charge in [-0.15, -0.1) is 0 Å². The van der Waals surface area contributed by atoms with Crippen LogP contribution in [0.5, 0.6) is 5.75 Å². The highest BCUT2D eigenvalue weighted by atomic mass is 19.2. The zero-order chi connectivity index (χ0) is 14.7. The van der Waals surface area contributed by atoms with Gasteiger partial charge in [-0.25, -0.2) is 13.2 Å². The van der Waals surface area contributed by atoms with Gasteiger partial charge >= 0.3 is 0 Å². The smallest absolute Gasteiger partial charge is 0.167 e. The van der Waals surface area contributed by atoms with Crippen molar-refractivity contribution in [3.05, 3.63) is 53.3 Å². The molecule has 0 fully saturated rings. The molecule has 0 heterocycles. The third kappa shape index (κ3) is 2.79. The van der Waals surface area contributed by atoms with E-state index in [0.717, 1.165) is 6.42 Å². The fourth-order valence-electron chi connectivity index (χ4n) is 1.88. The van der Waals surface area contributed by atoms with Gasteiger partial charge in [0.25, 0.3) is 0 Å². The van der Waals surface area contributed by atoms with E-state index in [1.54, 1.807) is 6.07 Å². The average Bonchev–Trinajstić information content (AvgIpc) is 2.44. The van der Waals surface area contributed by atoms with Crippen LogP contribution in [-0.4, -0.2) is 6.61 Å². The molecular formula is C16H15F3O. The molecule has 2 aromatic rings. The van der Waals surface area contributed by atoms with E-state index >= 15 is 0 Å². The third-order valence-electron chi connectivity index (χ3n) is 2.98. The molecule has 20 heavy (non-hydrogen) atoms. The number of halogens is 3. The molecule has 0 spiro atoms. The van der Waals surface area contributed by atoms with E-state index in [1.165, 1.54) is 31.2 Å². The Kier molecular flexibility index (Phi) is 4.32. The van der Waals surface area contributed by atoms with Crippen molar-refractivity contribution < 1.29 is 17.9 Å². The second-order valence-electron chi connectivity index (χ2n) is 4.55. The number of benzene rings is 2. The first-order chi connectivity index (χ1) is 9.54. The quantitative estimate of drug-likeness (QED) is 0.776. The Bertz CT molecular complexity index is 623. The lowest BCUT2D eigenvalue weighted by Crippen LogP contribution is -1.98. The number of hydrogen-bond acceptors (Lipinski definition) is 1. The molecule has 0 radical (unpaired) electrons. The standard InChI is InChI=1S/C16H15F3O/c1-3-8-20-11-5-7-12(14(17)9-11)13-6-4-10(2)15(18)16(13)19/h4-7,9H,3,8H2,1-2H3. The first kappa shape index (κ1) is 14.4. The predicted molar refractivity (Wildman–Crippen MR) is 72.3 cm³/mol. The minimum Gasteiger partial charge on any atom is -0.494 e. The fraction of sp³-hybridized carbons (Fsp3) is 0.250. The molecule has 0 atom stereocenters. The van der Waals surface area contributed by atoms with Gasteiger partial charge in [-0.05, 0) is 31.0 Å². The van der Waals surface area contributed by atoms with Gasteiger partial charge < -0.3 is 4.74 Å². The molecule has 0 unspecified atom stereocenters. The molecule has 0 aliphatic carbocycles. The van der Waals surface area contributed by atoms with Crippen molar-refractivity contribution in [3.63, 3.8) is 0 Å². The summed E-state index contributed by atoms with van der Waals surface area (Å²) in [6.07, 6.45) is 0.807. The lowest BCUT2D eigenvalue weighted by molar-refractivity contribution is 0.316. The summed E-state index contributed by atoms with van der Waals surface area (Å²) in [5.74, 6) is -2.25. The first-order valence-corrected chi connectivity index (χ1v) is 6.42. The van der Waals surface area contributed by atoms with Crippen LogP contribution in [0.1, 0.15) is 18.9 Å². The Morgan fingerprint density at radius 3 is 2.30 bits per heavy atom.